The molecule has 0 amide bonds. The standard InChI is InChI=1S/C13H20BrNO/c1-9(2)8-15-10(3)12-6-5-11(16-4)7-13(12)14/h5-7,9-10,15H,8H2,1-4H3. The second-order valence-corrected chi connectivity index (χ2v) is 5.27. The van der Waals surface area contributed by atoms with Crippen LogP contribution in [-0.2, 0) is 0 Å². The van der Waals surface area contributed by atoms with Gasteiger partial charge in [0, 0.05) is 10.5 Å². The van der Waals surface area contributed by atoms with E-state index in [0.29, 0.717) is 12.0 Å². The molecule has 0 saturated heterocycles. The normalized spacial score (nSPS) is 12.9. The van der Waals surface area contributed by atoms with Crippen LogP contribution in [0.4, 0.5) is 0 Å². The fourth-order valence-electron chi connectivity index (χ4n) is 1.51. The molecule has 2 nitrogen and oxygen atoms in total. The average Bonchev–Trinajstić information content (AvgIpc) is 2.25. The molecule has 0 saturated carbocycles. The van der Waals surface area contributed by atoms with E-state index in [1.807, 2.05) is 12.1 Å². The fourth-order valence-corrected chi connectivity index (χ4v) is 2.21. The van der Waals surface area contributed by atoms with E-state index in [9.17, 15) is 0 Å². The minimum atomic E-state index is 0.350. The molecule has 0 aliphatic rings. The van der Waals surface area contributed by atoms with Crippen molar-refractivity contribution in [3.05, 3.63) is 28.2 Å². The number of rotatable bonds is 5. The fraction of sp³-hybridized carbons (Fsp3) is 0.538. The van der Waals surface area contributed by atoms with Crippen LogP contribution in [0.1, 0.15) is 32.4 Å². The van der Waals surface area contributed by atoms with E-state index < -0.39 is 0 Å². The van der Waals surface area contributed by atoms with E-state index in [2.05, 4.69) is 48.1 Å². The molecule has 0 bridgehead atoms. The SMILES string of the molecule is COc1ccc(C(C)NCC(C)C)c(Br)c1. The number of halogens is 1. The molecule has 0 fully saturated rings. The van der Waals surface area contributed by atoms with Crippen LogP contribution < -0.4 is 10.1 Å². The molecule has 90 valence electrons. The summed E-state index contributed by atoms with van der Waals surface area (Å²) in [6.45, 7) is 7.63. The number of nitrogens with one attached hydrogen (secondary N) is 1. The lowest BCUT2D eigenvalue weighted by Crippen LogP contribution is -2.23. The van der Waals surface area contributed by atoms with Gasteiger partial charge in [0.2, 0.25) is 0 Å². The van der Waals surface area contributed by atoms with Gasteiger partial charge < -0.3 is 10.1 Å². The zero-order valence-electron chi connectivity index (χ0n) is 10.4. The summed E-state index contributed by atoms with van der Waals surface area (Å²) in [5.74, 6) is 1.55. The lowest BCUT2D eigenvalue weighted by atomic mass is 10.1. The molecular weight excluding hydrogens is 266 g/mol. The van der Waals surface area contributed by atoms with Crippen LogP contribution in [-0.4, -0.2) is 13.7 Å². The van der Waals surface area contributed by atoms with Gasteiger partial charge in [-0.1, -0.05) is 35.8 Å². The van der Waals surface area contributed by atoms with Crippen molar-refractivity contribution < 1.29 is 4.74 Å². The lowest BCUT2D eigenvalue weighted by Gasteiger charge is -2.17. The molecule has 0 aromatic heterocycles. The highest BCUT2D eigenvalue weighted by Gasteiger charge is 2.09. The Balaban J connectivity index is 2.71. The van der Waals surface area contributed by atoms with Crippen LogP contribution in [0.3, 0.4) is 0 Å². The molecule has 1 N–H and O–H groups in total. The molecule has 3 heteroatoms. The Morgan fingerprint density at radius 3 is 2.50 bits per heavy atom. The van der Waals surface area contributed by atoms with Crippen molar-refractivity contribution >= 4 is 15.9 Å². The third kappa shape index (κ3) is 3.80. The summed E-state index contributed by atoms with van der Waals surface area (Å²) in [6.07, 6.45) is 0. The molecule has 1 aromatic carbocycles. The van der Waals surface area contributed by atoms with Gasteiger partial charge in [-0.2, -0.15) is 0 Å². The molecule has 1 atom stereocenters. The first-order valence-corrected chi connectivity index (χ1v) is 6.40. The number of hydrogen-bond donors (Lipinski definition) is 1. The van der Waals surface area contributed by atoms with Crippen molar-refractivity contribution in [2.75, 3.05) is 13.7 Å². The zero-order chi connectivity index (χ0) is 12.1. The second-order valence-electron chi connectivity index (χ2n) is 4.41. The van der Waals surface area contributed by atoms with Gasteiger partial charge >= 0.3 is 0 Å². The Bertz CT molecular complexity index is 339. The quantitative estimate of drug-likeness (QED) is 0.889. The van der Waals surface area contributed by atoms with Crippen molar-refractivity contribution in [2.24, 2.45) is 5.92 Å². The van der Waals surface area contributed by atoms with Crippen LogP contribution >= 0.6 is 15.9 Å². The summed E-state index contributed by atoms with van der Waals surface area (Å²) < 4.78 is 6.27. The number of hydrogen-bond acceptors (Lipinski definition) is 2. The number of benzene rings is 1. The summed E-state index contributed by atoms with van der Waals surface area (Å²) in [7, 11) is 1.68. The lowest BCUT2D eigenvalue weighted by molar-refractivity contribution is 0.414. The molecule has 0 aliphatic heterocycles. The molecular formula is C13H20BrNO. The van der Waals surface area contributed by atoms with Gasteiger partial charge in [-0.05, 0) is 37.1 Å². The first kappa shape index (κ1) is 13.5. The molecule has 16 heavy (non-hydrogen) atoms. The number of methoxy groups -OCH3 is 1. The zero-order valence-corrected chi connectivity index (χ0v) is 12.0. The van der Waals surface area contributed by atoms with Crippen LogP contribution in [0.5, 0.6) is 5.75 Å². The topological polar surface area (TPSA) is 21.3 Å². The predicted octanol–water partition coefficient (Wildman–Crippen LogP) is 3.76. The summed E-state index contributed by atoms with van der Waals surface area (Å²) in [6, 6.07) is 6.44. The van der Waals surface area contributed by atoms with Gasteiger partial charge in [0.05, 0.1) is 7.11 Å². The van der Waals surface area contributed by atoms with Crippen LogP contribution in [0.25, 0.3) is 0 Å². The van der Waals surface area contributed by atoms with Crippen molar-refractivity contribution in [1.82, 2.24) is 5.32 Å². The highest BCUT2D eigenvalue weighted by Crippen LogP contribution is 2.27. The number of ether oxygens (including phenoxy) is 1. The van der Waals surface area contributed by atoms with E-state index in [0.717, 1.165) is 16.8 Å². The predicted molar refractivity (Wildman–Crippen MR) is 71.9 cm³/mol. The molecule has 1 aromatic rings. The van der Waals surface area contributed by atoms with Gasteiger partial charge in [0.25, 0.3) is 0 Å². The Hall–Kier alpha value is -0.540. The van der Waals surface area contributed by atoms with E-state index in [-0.39, 0.29) is 0 Å². The Morgan fingerprint density at radius 2 is 2.00 bits per heavy atom. The van der Waals surface area contributed by atoms with Crippen molar-refractivity contribution in [2.45, 2.75) is 26.8 Å². The summed E-state index contributed by atoms with van der Waals surface area (Å²) >= 11 is 3.58. The first-order valence-electron chi connectivity index (χ1n) is 5.61. The molecule has 1 rings (SSSR count). The minimum Gasteiger partial charge on any atom is -0.497 e. The molecule has 0 heterocycles. The Labute approximate surface area is 107 Å². The summed E-state index contributed by atoms with van der Waals surface area (Å²) in [4.78, 5) is 0. The molecule has 0 aliphatic carbocycles. The van der Waals surface area contributed by atoms with Crippen molar-refractivity contribution in [3.63, 3.8) is 0 Å². The van der Waals surface area contributed by atoms with Gasteiger partial charge in [0.1, 0.15) is 5.75 Å². The van der Waals surface area contributed by atoms with Crippen LogP contribution in [0, 0.1) is 5.92 Å². The minimum absolute atomic E-state index is 0.350. The van der Waals surface area contributed by atoms with Gasteiger partial charge in [-0.15, -0.1) is 0 Å². The van der Waals surface area contributed by atoms with Crippen LogP contribution in [0.2, 0.25) is 0 Å². The molecule has 0 radical (unpaired) electrons. The Morgan fingerprint density at radius 1 is 1.31 bits per heavy atom. The monoisotopic (exact) mass is 285 g/mol. The smallest absolute Gasteiger partial charge is 0.120 e. The Kier molecular flexibility index (Phi) is 5.29. The van der Waals surface area contributed by atoms with E-state index in [4.69, 9.17) is 4.74 Å². The highest BCUT2D eigenvalue weighted by molar-refractivity contribution is 9.10. The summed E-state index contributed by atoms with van der Waals surface area (Å²) in [5.41, 5.74) is 1.27. The summed E-state index contributed by atoms with van der Waals surface area (Å²) in [5, 5.41) is 3.51. The largest absolute Gasteiger partial charge is 0.497 e. The van der Waals surface area contributed by atoms with E-state index in [1.54, 1.807) is 7.11 Å². The third-order valence-electron chi connectivity index (χ3n) is 2.51. The molecule has 0 spiro atoms. The first-order chi connectivity index (χ1) is 7.54. The van der Waals surface area contributed by atoms with Crippen molar-refractivity contribution in [3.8, 4) is 5.75 Å². The van der Waals surface area contributed by atoms with Crippen LogP contribution in [0.15, 0.2) is 22.7 Å². The van der Waals surface area contributed by atoms with Gasteiger partial charge in [-0.25, -0.2) is 0 Å². The van der Waals surface area contributed by atoms with E-state index in [1.165, 1.54) is 5.56 Å². The third-order valence-corrected chi connectivity index (χ3v) is 3.19. The van der Waals surface area contributed by atoms with Gasteiger partial charge in [-0.3, -0.25) is 0 Å². The average molecular weight is 286 g/mol. The highest BCUT2D eigenvalue weighted by atomic mass is 79.9. The van der Waals surface area contributed by atoms with E-state index >= 15 is 0 Å². The maximum atomic E-state index is 5.18. The maximum absolute atomic E-state index is 5.18. The maximum Gasteiger partial charge on any atom is 0.120 e. The van der Waals surface area contributed by atoms with Crippen molar-refractivity contribution in [1.29, 1.82) is 0 Å². The van der Waals surface area contributed by atoms with Gasteiger partial charge in [0.15, 0.2) is 0 Å². The second kappa shape index (κ2) is 6.26. The molecule has 1 unspecified atom stereocenters.